The van der Waals surface area contributed by atoms with E-state index in [-0.39, 0.29) is 5.75 Å². The van der Waals surface area contributed by atoms with Gasteiger partial charge in [0.2, 0.25) is 0 Å². The fourth-order valence-electron chi connectivity index (χ4n) is 1.50. The normalized spacial score (nSPS) is 12.3. The third-order valence-corrected chi connectivity index (χ3v) is 2.40. The first-order chi connectivity index (χ1) is 9.17. The number of phenolic OH excluding ortho intramolecular Hbond substituents is 1. The van der Waals surface area contributed by atoms with Gasteiger partial charge in [0.05, 0.1) is 0 Å². The van der Waals surface area contributed by atoms with E-state index in [0.29, 0.717) is 17.3 Å². The third kappa shape index (κ3) is 5.66. The smallest absolute Gasteiger partial charge is 0.172 e. The van der Waals surface area contributed by atoms with Gasteiger partial charge in [-0.1, -0.05) is 13.8 Å². The molecule has 2 N–H and O–H groups in total. The number of allylic oxidation sites excluding steroid dienone is 1. The van der Waals surface area contributed by atoms with Gasteiger partial charge in [-0.2, -0.15) is 0 Å². The highest BCUT2D eigenvalue weighted by Gasteiger charge is 2.11. The molecule has 106 valence electrons. The summed E-state index contributed by atoms with van der Waals surface area (Å²) in [5.41, 5.74) is 0. The van der Waals surface area contributed by atoms with Crippen molar-refractivity contribution in [3.8, 4) is 17.2 Å². The Kier molecular flexibility index (Phi) is 6.82. The van der Waals surface area contributed by atoms with Crippen molar-refractivity contribution in [1.82, 2.24) is 5.32 Å². The Morgan fingerprint density at radius 1 is 1.11 bits per heavy atom. The van der Waals surface area contributed by atoms with E-state index in [1.165, 1.54) is 38.3 Å². The first kappa shape index (κ1) is 15.4. The van der Waals surface area contributed by atoms with E-state index in [4.69, 9.17) is 14.6 Å². The van der Waals surface area contributed by atoms with Gasteiger partial charge in [-0.05, 0) is 45.0 Å². The van der Waals surface area contributed by atoms with Crippen LogP contribution in [-0.2, 0) is 0 Å². The lowest BCUT2D eigenvalue weighted by molar-refractivity contribution is 0.325. The second-order valence-corrected chi connectivity index (χ2v) is 4.33. The van der Waals surface area contributed by atoms with Crippen LogP contribution in [0.2, 0.25) is 0 Å². The fourth-order valence-corrected chi connectivity index (χ4v) is 1.50. The van der Waals surface area contributed by atoms with Crippen molar-refractivity contribution in [3.05, 3.63) is 30.2 Å². The van der Waals surface area contributed by atoms with Crippen LogP contribution in [0.1, 0.15) is 33.6 Å². The predicted molar refractivity (Wildman–Crippen MR) is 76.6 cm³/mol. The molecule has 1 aromatic rings. The number of phenols is 1. The van der Waals surface area contributed by atoms with E-state index in [0.717, 1.165) is 0 Å². The Balaban J connectivity index is 0.000000224. The van der Waals surface area contributed by atoms with Crippen molar-refractivity contribution in [2.75, 3.05) is 13.1 Å². The number of rotatable bonds is 4. The van der Waals surface area contributed by atoms with Crippen molar-refractivity contribution in [2.45, 2.75) is 33.6 Å². The fraction of sp³-hybridized carbons (Fsp3) is 0.467. The van der Waals surface area contributed by atoms with Crippen molar-refractivity contribution in [2.24, 2.45) is 0 Å². The molecule has 0 saturated carbocycles. The highest BCUT2D eigenvalue weighted by atomic mass is 16.6. The van der Waals surface area contributed by atoms with E-state index < -0.39 is 0 Å². The topological polar surface area (TPSA) is 50.7 Å². The number of ether oxygens (including phenoxy) is 2. The van der Waals surface area contributed by atoms with Crippen LogP contribution in [-0.4, -0.2) is 18.2 Å². The van der Waals surface area contributed by atoms with Crippen molar-refractivity contribution >= 4 is 0 Å². The Morgan fingerprint density at radius 2 is 1.79 bits per heavy atom. The molecule has 0 radical (unpaired) electrons. The van der Waals surface area contributed by atoms with Crippen LogP contribution in [0.4, 0.5) is 0 Å². The lowest BCUT2D eigenvalue weighted by atomic mass is 10.3. The van der Waals surface area contributed by atoms with Crippen LogP contribution < -0.4 is 14.8 Å². The van der Waals surface area contributed by atoms with Gasteiger partial charge in [0, 0.05) is 6.07 Å². The summed E-state index contributed by atoms with van der Waals surface area (Å²) in [6.07, 6.45) is 4.00. The average Bonchev–Trinajstić information content (AvgIpc) is 2.40. The molecule has 1 aromatic carbocycles. The minimum Gasteiger partial charge on any atom is -0.508 e. The van der Waals surface area contributed by atoms with Gasteiger partial charge >= 0.3 is 0 Å². The van der Waals surface area contributed by atoms with Gasteiger partial charge < -0.3 is 19.9 Å². The summed E-state index contributed by atoms with van der Waals surface area (Å²) in [5.74, 6) is 2.05. The summed E-state index contributed by atoms with van der Waals surface area (Å²) in [4.78, 5) is 0. The first-order valence-corrected chi connectivity index (χ1v) is 6.72. The maximum Gasteiger partial charge on any atom is 0.172 e. The van der Waals surface area contributed by atoms with Crippen LogP contribution in [0.3, 0.4) is 0 Å². The summed E-state index contributed by atoms with van der Waals surface area (Å²) in [5, 5.41) is 12.4. The zero-order valence-electron chi connectivity index (χ0n) is 11.9. The summed E-state index contributed by atoms with van der Waals surface area (Å²) in [6, 6.07) is 4.74. The summed E-state index contributed by atoms with van der Waals surface area (Å²) < 4.78 is 10.5. The molecule has 0 spiro atoms. The molecule has 0 aromatic heterocycles. The van der Waals surface area contributed by atoms with Crippen LogP contribution >= 0.6 is 0 Å². The highest BCUT2D eigenvalue weighted by Crippen LogP contribution is 2.34. The second-order valence-electron chi connectivity index (χ2n) is 4.33. The van der Waals surface area contributed by atoms with Gasteiger partial charge in [0.15, 0.2) is 11.5 Å². The molecule has 19 heavy (non-hydrogen) atoms. The molecule has 0 unspecified atom stereocenters. The van der Waals surface area contributed by atoms with E-state index in [1.807, 2.05) is 0 Å². The minimum atomic E-state index is 0.172. The monoisotopic (exact) mass is 265 g/mol. The molecule has 1 heterocycles. The third-order valence-electron chi connectivity index (χ3n) is 2.40. The molecular formula is C15H23NO3. The van der Waals surface area contributed by atoms with Crippen LogP contribution in [0.5, 0.6) is 17.2 Å². The lowest BCUT2D eigenvalue weighted by Gasteiger charge is -2.15. The number of benzene rings is 1. The van der Waals surface area contributed by atoms with Crippen LogP contribution in [0.15, 0.2) is 30.2 Å². The SMILES string of the molecule is CC1=COc2cc(O)ccc2O1.CCCNCCC. The number of hydrogen-bond acceptors (Lipinski definition) is 4. The zero-order valence-corrected chi connectivity index (χ0v) is 11.9. The number of nitrogens with one attached hydrogen (secondary N) is 1. The molecule has 0 aliphatic carbocycles. The van der Waals surface area contributed by atoms with Gasteiger partial charge in [-0.25, -0.2) is 0 Å². The summed E-state index contributed by atoms with van der Waals surface area (Å²) in [6.45, 7) is 8.52. The standard InChI is InChI=1S/C9H8O3.C6H15N/c1-6-5-11-9-4-7(10)2-3-8(9)12-6;1-3-5-7-6-4-2/h2-5,10H,1H3;7H,3-6H2,1-2H3. The van der Waals surface area contributed by atoms with E-state index in [9.17, 15) is 0 Å². The molecule has 4 heteroatoms. The van der Waals surface area contributed by atoms with E-state index in [1.54, 1.807) is 19.1 Å². The molecule has 1 aliphatic heterocycles. The molecule has 0 fully saturated rings. The quantitative estimate of drug-likeness (QED) is 0.819. The molecule has 1 aliphatic rings. The van der Waals surface area contributed by atoms with Gasteiger partial charge in [0.25, 0.3) is 0 Å². The van der Waals surface area contributed by atoms with Crippen LogP contribution in [0, 0.1) is 0 Å². The number of fused-ring (bicyclic) bond motifs is 1. The molecule has 0 atom stereocenters. The maximum atomic E-state index is 9.10. The number of aromatic hydroxyl groups is 1. The van der Waals surface area contributed by atoms with Crippen molar-refractivity contribution < 1.29 is 14.6 Å². The van der Waals surface area contributed by atoms with E-state index >= 15 is 0 Å². The summed E-state index contributed by atoms with van der Waals surface area (Å²) in [7, 11) is 0. The second kappa shape index (κ2) is 8.43. The Hall–Kier alpha value is -1.68. The Labute approximate surface area is 115 Å². The zero-order chi connectivity index (χ0) is 14.1. The molecular weight excluding hydrogens is 242 g/mol. The molecule has 0 bridgehead atoms. The predicted octanol–water partition coefficient (Wildman–Crippen LogP) is 3.42. The summed E-state index contributed by atoms with van der Waals surface area (Å²) >= 11 is 0. The van der Waals surface area contributed by atoms with Gasteiger partial charge in [-0.15, -0.1) is 0 Å². The maximum absolute atomic E-state index is 9.10. The Bertz CT molecular complexity index is 412. The molecule has 0 saturated heterocycles. The largest absolute Gasteiger partial charge is 0.508 e. The molecule has 4 nitrogen and oxygen atoms in total. The molecule has 0 amide bonds. The van der Waals surface area contributed by atoms with Gasteiger partial charge in [0.1, 0.15) is 17.8 Å². The van der Waals surface area contributed by atoms with Crippen molar-refractivity contribution in [3.63, 3.8) is 0 Å². The van der Waals surface area contributed by atoms with Crippen molar-refractivity contribution in [1.29, 1.82) is 0 Å². The highest BCUT2D eigenvalue weighted by molar-refractivity contribution is 5.47. The lowest BCUT2D eigenvalue weighted by Crippen LogP contribution is -2.14. The van der Waals surface area contributed by atoms with Crippen LogP contribution in [0.25, 0.3) is 0 Å². The van der Waals surface area contributed by atoms with Gasteiger partial charge in [-0.3, -0.25) is 0 Å². The average molecular weight is 265 g/mol. The first-order valence-electron chi connectivity index (χ1n) is 6.72. The molecule has 2 rings (SSSR count). The van der Waals surface area contributed by atoms with E-state index in [2.05, 4.69) is 19.2 Å². The minimum absolute atomic E-state index is 0.172. The Morgan fingerprint density at radius 3 is 2.42 bits per heavy atom. The number of hydrogen-bond donors (Lipinski definition) is 2.